The number of ether oxygens (including phenoxy) is 1. The molecular weight excluding hydrogens is 261 g/mol. The van der Waals surface area contributed by atoms with Gasteiger partial charge in [-0.3, -0.25) is 0 Å². The Hall–Kier alpha value is -2.37. The molecule has 2 rings (SSSR count). The molecule has 1 aromatic carbocycles. The van der Waals surface area contributed by atoms with Crippen LogP contribution in [0.15, 0.2) is 30.5 Å². The van der Waals surface area contributed by atoms with Gasteiger partial charge in [0.2, 0.25) is 0 Å². The largest absolute Gasteiger partial charge is 0.456 e. The summed E-state index contributed by atoms with van der Waals surface area (Å²) in [7, 11) is 0. The van der Waals surface area contributed by atoms with Crippen LogP contribution in [0.2, 0.25) is 0 Å². The van der Waals surface area contributed by atoms with Crippen LogP contribution in [0.3, 0.4) is 0 Å². The molecule has 0 aliphatic carbocycles. The molecule has 0 saturated heterocycles. The zero-order chi connectivity index (χ0) is 14.9. The third-order valence-electron chi connectivity index (χ3n) is 2.50. The molecule has 5 nitrogen and oxygen atoms in total. The van der Waals surface area contributed by atoms with Crippen LogP contribution in [0.1, 0.15) is 31.1 Å². The first-order chi connectivity index (χ1) is 9.28. The SMILES string of the molecule is CC(C)(C)OC(=O)c1cnn(-c2ccc(F)cc2)c1N. The van der Waals surface area contributed by atoms with Crippen molar-refractivity contribution >= 4 is 11.8 Å². The maximum atomic E-state index is 12.9. The lowest BCUT2D eigenvalue weighted by Gasteiger charge is -2.19. The second-order valence-corrected chi connectivity index (χ2v) is 5.33. The third-order valence-corrected chi connectivity index (χ3v) is 2.50. The second kappa shape index (κ2) is 4.96. The highest BCUT2D eigenvalue weighted by atomic mass is 19.1. The summed E-state index contributed by atoms with van der Waals surface area (Å²) in [6.07, 6.45) is 1.34. The summed E-state index contributed by atoms with van der Waals surface area (Å²) in [6, 6.07) is 5.64. The van der Waals surface area contributed by atoms with Crippen LogP contribution in [0.25, 0.3) is 5.69 Å². The number of nitrogen functional groups attached to an aromatic ring is 1. The van der Waals surface area contributed by atoms with E-state index in [2.05, 4.69) is 5.10 Å². The zero-order valence-corrected chi connectivity index (χ0v) is 11.6. The zero-order valence-electron chi connectivity index (χ0n) is 11.6. The molecular formula is C14H16FN3O2. The molecule has 0 aliphatic heterocycles. The van der Waals surface area contributed by atoms with Crippen molar-refractivity contribution in [3.63, 3.8) is 0 Å². The summed E-state index contributed by atoms with van der Waals surface area (Å²) >= 11 is 0. The smallest absolute Gasteiger partial charge is 0.344 e. The van der Waals surface area contributed by atoms with E-state index in [1.54, 1.807) is 20.8 Å². The van der Waals surface area contributed by atoms with E-state index in [0.29, 0.717) is 5.69 Å². The first-order valence-electron chi connectivity index (χ1n) is 6.11. The van der Waals surface area contributed by atoms with Gasteiger partial charge in [0.25, 0.3) is 0 Å². The van der Waals surface area contributed by atoms with E-state index in [1.165, 1.54) is 35.1 Å². The number of hydrogen-bond donors (Lipinski definition) is 1. The van der Waals surface area contributed by atoms with Gasteiger partial charge in [0.15, 0.2) is 0 Å². The molecule has 1 aromatic heterocycles. The van der Waals surface area contributed by atoms with E-state index in [0.717, 1.165) is 0 Å². The van der Waals surface area contributed by atoms with E-state index < -0.39 is 11.6 Å². The summed E-state index contributed by atoms with van der Waals surface area (Å²) in [5.41, 5.74) is 6.04. The van der Waals surface area contributed by atoms with Crippen molar-refractivity contribution in [2.24, 2.45) is 0 Å². The summed E-state index contributed by atoms with van der Waals surface area (Å²) < 4.78 is 19.5. The summed E-state index contributed by atoms with van der Waals surface area (Å²) in [6.45, 7) is 5.31. The van der Waals surface area contributed by atoms with Crippen LogP contribution in [-0.4, -0.2) is 21.4 Å². The predicted octanol–water partition coefficient (Wildman–Crippen LogP) is 2.55. The van der Waals surface area contributed by atoms with Crippen molar-refractivity contribution in [2.75, 3.05) is 5.73 Å². The number of esters is 1. The number of anilines is 1. The van der Waals surface area contributed by atoms with Gasteiger partial charge >= 0.3 is 5.97 Å². The van der Waals surface area contributed by atoms with Crippen molar-refractivity contribution in [2.45, 2.75) is 26.4 Å². The highest BCUT2D eigenvalue weighted by molar-refractivity contribution is 5.94. The van der Waals surface area contributed by atoms with Crippen LogP contribution in [0.5, 0.6) is 0 Å². The van der Waals surface area contributed by atoms with E-state index in [4.69, 9.17) is 10.5 Å². The lowest BCUT2D eigenvalue weighted by molar-refractivity contribution is 0.00708. The maximum Gasteiger partial charge on any atom is 0.344 e. The number of rotatable bonds is 2. The Labute approximate surface area is 116 Å². The number of nitrogens with zero attached hydrogens (tertiary/aromatic N) is 2. The van der Waals surface area contributed by atoms with Gasteiger partial charge in [-0.05, 0) is 45.0 Å². The molecule has 2 N–H and O–H groups in total. The molecule has 0 radical (unpaired) electrons. The molecule has 106 valence electrons. The number of carbonyl (C=O) groups is 1. The van der Waals surface area contributed by atoms with Gasteiger partial charge in [0.1, 0.15) is 22.8 Å². The number of benzene rings is 1. The molecule has 2 aromatic rings. The third kappa shape index (κ3) is 2.96. The lowest BCUT2D eigenvalue weighted by atomic mass is 10.2. The van der Waals surface area contributed by atoms with Crippen molar-refractivity contribution in [3.05, 3.63) is 41.8 Å². The van der Waals surface area contributed by atoms with E-state index in [9.17, 15) is 9.18 Å². The first-order valence-corrected chi connectivity index (χ1v) is 6.11. The fourth-order valence-electron chi connectivity index (χ4n) is 1.64. The summed E-state index contributed by atoms with van der Waals surface area (Å²) in [5.74, 6) is -0.735. The Morgan fingerprint density at radius 1 is 1.30 bits per heavy atom. The first kappa shape index (κ1) is 14.0. The fourth-order valence-corrected chi connectivity index (χ4v) is 1.64. The minimum atomic E-state index is -0.610. The Bertz CT molecular complexity index is 627. The normalized spacial score (nSPS) is 11.4. The van der Waals surface area contributed by atoms with Crippen molar-refractivity contribution < 1.29 is 13.9 Å². The number of halogens is 1. The molecule has 0 fully saturated rings. The van der Waals surface area contributed by atoms with Gasteiger partial charge in [-0.2, -0.15) is 5.10 Å². The number of hydrogen-bond acceptors (Lipinski definition) is 4. The van der Waals surface area contributed by atoms with Crippen LogP contribution >= 0.6 is 0 Å². The molecule has 20 heavy (non-hydrogen) atoms. The molecule has 0 spiro atoms. The van der Waals surface area contributed by atoms with Gasteiger partial charge in [0.05, 0.1) is 11.9 Å². The van der Waals surface area contributed by atoms with Gasteiger partial charge in [-0.15, -0.1) is 0 Å². The minimum Gasteiger partial charge on any atom is -0.456 e. The van der Waals surface area contributed by atoms with Crippen molar-refractivity contribution in [1.82, 2.24) is 9.78 Å². The molecule has 1 heterocycles. The Morgan fingerprint density at radius 2 is 1.90 bits per heavy atom. The van der Waals surface area contributed by atoms with Gasteiger partial charge in [-0.1, -0.05) is 0 Å². The Balaban J connectivity index is 2.32. The second-order valence-electron chi connectivity index (χ2n) is 5.33. The van der Waals surface area contributed by atoms with Crippen molar-refractivity contribution in [3.8, 4) is 5.69 Å². The molecule has 6 heteroatoms. The van der Waals surface area contributed by atoms with Crippen LogP contribution in [0, 0.1) is 5.82 Å². The minimum absolute atomic E-state index is 0.158. The number of nitrogens with two attached hydrogens (primary N) is 1. The van der Waals surface area contributed by atoms with Gasteiger partial charge < -0.3 is 10.5 Å². The topological polar surface area (TPSA) is 70.1 Å². The maximum absolute atomic E-state index is 12.9. The highest BCUT2D eigenvalue weighted by Gasteiger charge is 2.22. The number of aromatic nitrogens is 2. The van der Waals surface area contributed by atoms with Crippen LogP contribution < -0.4 is 5.73 Å². The van der Waals surface area contributed by atoms with Gasteiger partial charge in [-0.25, -0.2) is 13.9 Å². The highest BCUT2D eigenvalue weighted by Crippen LogP contribution is 2.20. The molecule has 0 amide bonds. The standard InChI is InChI=1S/C14H16FN3O2/c1-14(2,3)20-13(19)11-8-17-18(12(11)16)10-6-4-9(15)5-7-10/h4-8H,16H2,1-3H3. The Kier molecular flexibility index (Phi) is 3.48. The van der Waals surface area contributed by atoms with Gasteiger partial charge in [0, 0.05) is 0 Å². The van der Waals surface area contributed by atoms with E-state index in [-0.39, 0.29) is 17.2 Å². The monoisotopic (exact) mass is 277 g/mol. The lowest BCUT2D eigenvalue weighted by Crippen LogP contribution is -2.24. The molecule has 0 aliphatic rings. The predicted molar refractivity (Wildman–Crippen MR) is 73.1 cm³/mol. The quantitative estimate of drug-likeness (QED) is 0.856. The average Bonchev–Trinajstić information content (AvgIpc) is 2.70. The molecule has 0 unspecified atom stereocenters. The molecule has 0 atom stereocenters. The summed E-state index contributed by atoms with van der Waals surface area (Å²) in [4.78, 5) is 12.0. The molecule has 0 bridgehead atoms. The van der Waals surface area contributed by atoms with E-state index >= 15 is 0 Å². The van der Waals surface area contributed by atoms with E-state index in [1.807, 2.05) is 0 Å². The average molecular weight is 277 g/mol. The van der Waals surface area contributed by atoms with Crippen LogP contribution in [0.4, 0.5) is 10.2 Å². The molecule has 0 saturated carbocycles. The summed E-state index contributed by atoms with van der Waals surface area (Å²) in [5, 5.41) is 4.04. The van der Waals surface area contributed by atoms with Crippen molar-refractivity contribution in [1.29, 1.82) is 0 Å². The number of carbonyl (C=O) groups excluding carboxylic acids is 1. The fraction of sp³-hybridized carbons (Fsp3) is 0.286. The van der Waals surface area contributed by atoms with Crippen LogP contribution in [-0.2, 0) is 4.74 Å². The Morgan fingerprint density at radius 3 is 2.45 bits per heavy atom.